The first kappa shape index (κ1) is 13.8. The maximum absolute atomic E-state index is 2.64. The van der Waals surface area contributed by atoms with Gasteiger partial charge >= 0.3 is 0 Å². The van der Waals surface area contributed by atoms with Crippen LogP contribution < -0.4 is 0 Å². The summed E-state index contributed by atoms with van der Waals surface area (Å²) >= 11 is 0. The Morgan fingerprint density at radius 2 is 0.885 bits per heavy atom. The molecule has 0 heteroatoms. The van der Waals surface area contributed by atoms with Crippen LogP contribution in [0.25, 0.3) is 0 Å². The second-order valence-corrected chi connectivity index (χ2v) is 12.8. The molecule has 0 saturated heterocycles. The van der Waals surface area contributed by atoms with Gasteiger partial charge in [-0.2, -0.15) is 0 Å². The summed E-state index contributed by atoms with van der Waals surface area (Å²) in [6.45, 7) is 0. The van der Waals surface area contributed by atoms with E-state index in [0.29, 0.717) is 0 Å². The number of hydrogen-bond acceptors (Lipinski definition) is 0. The zero-order valence-corrected chi connectivity index (χ0v) is 16.0. The molecule has 0 aliphatic heterocycles. The van der Waals surface area contributed by atoms with Crippen molar-refractivity contribution in [3.05, 3.63) is 12.2 Å². The molecule has 8 bridgehead atoms. The Morgan fingerprint density at radius 1 is 0.385 bits per heavy atom. The second kappa shape index (κ2) is 4.18. The summed E-state index contributed by atoms with van der Waals surface area (Å²) in [4.78, 5) is 0. The lowest BCUT2D eigenvalue weighted by molar-refractivity contribution is -0.0467. The molecule has 9 aliphatic carbocycles. The van der Waals surface area contributed by atoms with E-state index in [1.807, 2.05) is 0 Å². The lowest BCUT2D eigenvalue weighted by atomic mass is 9.52. The SMILES string of the molecule is C1=CC2CC1C1CC3C(CC21)C1CC3C2C3CC(C4C5CCC(C5)C34)C12. The number of fused-ring (bicyclic) bond motifs is 24. The normalized spacial score (nSPS) is 75.1. The zero-order chi connectivity index (χ0) is 16.3. The minimum atomic E-state index is 1.01. The largest absolute Gasteiger partial charge is 0.0848 e. The van der Waals surface area contributed by atoms with Gasteiger partial charge < -0.3 is 0 Å². The van der Waals surface area contributed by atoms with Crippen LogP contribution in [0.1, 0.15) is 51.4 Å². The zero-order valence-electron chi connectivity index (χ0n) is 16.0. The summed E-state index contributed by atoms with van der Waals surface area (Å²) in [5, 5.41) is 0. The summed E-state index contributed by atoms with van der Waals surface area (Å²) in [6, 6.07) is 0. The first-order valence-electron chi connectivity index (χ1n) is 12.5. The van der Waals surface area contributed by atoms with Gasteiger partial charge in [0, 0.05) is 0 Å². The van der Waals surface area contributed by atoms with E-state index in [-0.39, 0.29) is 0 Å². The Morgan fingerprint density at radius 3 is 1.46 bits per heavy atom. The van der Waals surface area contributed by atoms with Crippen LogP contribution >= 0.6 is 0 Å². The summed E-state index contributed by atoms with van der Waals surface area (Å²) < 4.78 is 0. The number of rotatable bonds is 0. The fourth-order valence-corrected chi connectivity index (χ4v) is 13.1. The van der Waals surface area contributed by atoms with E-state index in [4.69, 9.17) is 0 Å². The highest BCUT2D eigenvalue weighted by Gasteiger charge is 2.73. The molecule has 138 valence electrons. The predicted molar refractivity (Wildman–Crippen MR) is 102 cm³/mol. The van der Waals surface area contributed by atoms with Gasteiger partial charge in [-0.1, -0.05) is 12.2 Å². The van der Waals surface area contributed by atoms with Crippen molar-refractivity contribution < 1.29 is 0 Å². The highest BCUT2D eigenvalue weighted by Crippen LogP contribution is 2.79. The van der Waals surface area contributed by atoms with Crippen molar-refractivity contribution in [1.82, 2.24) is 0 Å². The van der Waals surface area contributed by atoms with Gasteiger partial charge in [0.15, 0.2) is 0 Å². The van der Waals surface area contributed by atoms with E-state index in [1.54, 1.807) is 51.4 Å². The average Bonchev–Trinajstić information content (AvgIpc) is 3.50. The molecule has 16 atom stereocenters. The van der Waals surface area contributed by atoms with Crippen LogP contribution in [0.15, 0.2) is 12.2 Å². The molecule has 0 aromatic heterocycles. The molecule has 0 spiro atoms. The second-order valence-electron chi connectivity index (χ2n) is 12.8. The van der Waals surface area contributed by atoms with Crippen LogP contribution in [0, 0.1) is 94.7 Å². The third kappa shape index (κ3) is 1.29. The van der Waals surface area contributed by atoms with Crippen molar-refractivity contribution in [3.63, 3.8) is 0 Å². The number of allylic oxidation sites excluding steroid dienone is 2. The Bertz CT molecular complexity index is 664. The number of hydrogen-bond donors (Lipinski definition) is 0. The highest BCUT2D eigenvalue weighted by molar-refractivity contribution is 5.23. The molecule has 0 amide bonds. The molecule has 16 unspecified atom stereocenters. The Labute approximate surface area is 158 Å². The van der Waals surface area contributed by atoms with Crippen LogP contribution in [0.3, 0.4) is 0 Å². The molecule has 9 rings (SSSR count). The minimum Gasteiger partial charge on any atom is -0.0848 e. The van der Waals surface area contributed by atoms with Gasteiger partial charge in [0.1, 0.15) is 0 Å². The molecular weight excluding hydrogens is 312 g/mol. The molecule has 26 heavy (non-hydrogen) atoms. The van der Waals surface area contributed by atoms with Crippen molar-refractivity contribution in [2.75, 3.05) is 0 Å². The minimum absolute atomic E-state index is 1.01. The summed E-state index contributed by atoms with van der Waals surface area (Å²) in [5.74, 6) is 18.8. The highest BCUT2D eigenvalue weighted by atomic mass is 14.8. The predicted octanol–water partition coefficient (Wildman–Crippen LogP) is 5.65. The topological polar surface area (TPSA) is 0 Å². The molecule has 0 N–H and O–H groups in total. The third-order valence-electron chi connectivity index (χ3n) is 13.1. The van der Waals surface area contributed by atoms with Crippen LogP contribution in [-0.2, 0) is 0 Å². The van der Waals surface area contributed by atoms with Gasteiger partial charge in [-0.25, -0.2) is 0 Å². The van der Waals surface area contributed by atoms with Gasteiger partial charge in [0.05, 0.1) is 0 Å². The van der Waals surface area contributed by atoms with E-state index in [1.165, 1.54) is 71.0 Å². The van der Waals surface area contributed by atoms with Gasteiger partial charge in [-0.15, -0.1) is 0 Å². The maximum atomic E-state index is 2.64. The summed E-state index contributed by atoms with van der Waals surface area (Å²) in [7, 11) is 0. The maximum Gasteiger partial charge on any atom is -0.0196 e. The molecule has 8 saturated carbocycles. The average molecular weight is 347 g/mol. The van der Waals surface area contributed by atoms with Crippen LogP contribution in [-0.4, -0.2) is 0 Å². The molecular formula is C26H34. The summed E-state index contributed by atoms with van der Waals surface area (Å²) in [5.41, 5.74) is 0. The first-order valence-corrected chi connectivity index (χ1v) is 12.5. The Kier molecular flexibility index (Phi) is 2.23. The van der Waals surface area contributed by atoms with Gasteiger partial charge in [0.25, 0.3) is 0 Å². The lowest BCUT2D eigenvalue weighted by Crippen LogP contribution is -2.48. The van der Waals surface area contributed by atoms with Crippen molar-refractivity contribution in [2.45, 2.75) is 51.4 Å². The van der Waals surface area contributed by atoms with Gasteiger partial charge in [0.2, 0.25) is 0 Å². The van der Waals surface area contributed by atoms with Crippen LogP contribution in [0.5, 0.6) is 0 Å². The molecule has 0 heterocycles. The molecule has 9 aliphatic rings. The third-order valence-corrected chi connectivity index (χ3v) is 13.1. The van der Waals surface area contributed by atoms with Crippen molar-refractivity contribution in [1.29, 1.82) is 0 Å². The van der Waals surface area contributed by atoms with Crippen LogP contribution in [0.2, 0.25) is 0 Å². The lowest BCUT2D eigenvalue weighted by Gasteiger charge is -2.53. The quantitative estimate of drug-likeness (QED) is 0.393. The van der Waals surface area contributed by atoms with E-state index in [0.717, 1.165) is 23.7 Å². The molecule has 8 fully saturated rings. The fourth-order valence-electron chi connectivity index (χ4n) is 13.1. The van der Waals surface area contributed by atoms with Crippen LogP contribution in [0.4, 0.5) is 0 Å². The Balaban J connectivity index is 1.10. The van der Waals surface area contributed by atoms with E-state index in [2.05, 4.69) is 12.2 Å². The summed E-state index contributed by atoms with van der Waals surface area (Å²) in [6.07, 6.45) is 18.5. The van der Waals surface area contributed by atoms with Crippen molar-refractivity contribution in [3.8, 4) is 0 Å². The molecule has 0 nitrogen and oxygen atoms in total. The van der Waals surface area contributed by atoms with E-state index >= 15 is 0 Å². The monoisotopic (exact) mass is 346 g/mol. The van der Waals surface area contributed by atoms with E-state index < -0.39 is 0 Å². The van der Waals surface area contributed by atoms with Gasteiger partial charge in [-0.05, 0) is 146 Å². The van der Waals surface area contributed by atoms with Gasteiger partial charge in [-0.3, -0.25) is 0 Å². The Hall–Kier alpha value is -0.260. The smallest absolute Gasteiger partial charge is 0.0196 e. The molecule has 0 aromatic rings. The first-order chi connectivity index (χ1) is 12.9. The molecule has 0 aromatic carbocycles. The van der Waals surface area contributed by atoms with E-state index in [9.17, 15) is 0 Å². The van der Waals surface area contributed by atoms with Crippen molar-refractivity contribution >= 4 is 0 Å². The standard InChI is InChI=1S/C26H34/c1-2-12-5-11(1)15-7-17-18(8-16(12)15)20-9-19(17)25-21-10-22(26(20)25)24-14-4-3-13(6-14)23(21)24/h1-2,11-26H,3-10H2. The fraction of sp³-hybridized carbons (Fsp3) is 0.923. The van der Waals surface area contributed by atoms with Crippen molar-refractivity contribution in [2.24, 2.45) is 94.7 Å². The molecule has 0 radical (unpaired) electrons.